The van der Waals surface area contributed by atoms with Crippen molar-refractivity contribution in [1.82, 2.24) is 29.2 Å². The van der Waals surface area contributed by atoms with Gasteiger partial charge in [0.1, 0.15) is 30.9 Å². The number of aromatic nitrogens is 5. The molecule has 2 unspecified atom stereocenters. The minimum absolute atomic E-state index is 0.155. The van der Waals surface area contributed by atoms with Gasteiger partial charge in [-0.15, -0.1) is 11.8 Å². The summed E-state index contributed by atoms with van der Waals surface area (Å²) in [5.41, 5.74) is 5.11. The number of carbonyl (C=O) groups is 1. The van der Waals surface area contributed by atoms with Crippen LogP contribution in [0.5, 0.6) is 5.75 Å². The first-order valence-electron chi connectivity index (χ1n) is 13.5. The lowest BCUT2D eigenvalue weighted by Gasteiger charge is -2.25. The lowest BCUT2D eigenvalue weighted by atomic mass is 10.1. The number of nitrogens with one attached hydrogen (secondary N) is 1. The minimum atomic E-state index is -4.35. The number of hydrogen-bond donors (Lipinski definition) is 3. The second-order valence-electron chi connectivity index (χ2n) is 10.0. The Hall–Kier alpha value is -4.35. The van der Waals surface area contributed by atoms with E-state index in [1.54, 1.807) is 24.3 Å². The summed E-state index contributed by atoms with van der Waals surface area (Å²) in [4.78, 5) is 46.7. The van der Waals surface area contributed by atoms with E-state index in [0.29, 0.717) is 5.39 Å². The summed E-state index contributed by atoms with van der Waals surface area (Å²) in [7, 11) is -2.94. The van der Waals surface area contributed by atoms with Gasteiger partial charge in [0, 0.05) is 11.8 Å². The number of nitrogens with zero attached hydrogens (tertiary/aromatic N) is 6. The number of rotatable bonds is 12. The maximum absolute atomic E-state index is 14.2. The SMILES string of the molecule is C[C@H](NP(=O)(OCC1S[C@@H](n2cnc(N)nc2=O)C[C@H]1O)Oc1cccc2ccccc12)C(=O)OCc1cnc([N+](=O)[O-])n1C. The molecule has 238 valence electrons. The van der Waals surface area contributed by atoms with Crippen LogP contribution in [0.15, 0.2) is 59.8 Å². The number of carbonyl (C=O) groups excluding carboxylic acids is 1. The van der Waals surface area contributed by atoms with Crippen LogP contribution in [-0.2, 0) is 32.3 Å². The molecule has 2 aromatic carbocycles. The number of esters is 1. The Morgan fingerprint density at radius 2 is 2.04 bits per heavy atom. The molecule has 0 spiro atoms. The lowest BCUT2D eigenvalue weighted by molar-refractivity contribution is -0.396. The number of nitrogens with two attached hydrogens (primary N) is 1. The second-order valence-corrected chi connectivity index (χ2v) is 13.1. The second kappa shape index (κ2) is 13.3. The van der Waals surface area contributed by atoms with Gasteiger partial charge in [0.25, 0.3) is 0 Å². The molecule has 19 heteroatoms. The van der Waals surface area contributed by atoms with Gasteiger partial charge in [-0.05, 0) is 23.3 Å². The lowest BCUT2D eigenvalue weighted by Crippen LogP contribution is -2.36. The van der Waals surface area contributed by atoms with Crippen molar-refractivity contribution in [3.8, 4) is 5.75 Å². The number of aliphatic hydroxyl groups is 1. The van der Waals surface area contributed by atoms with E-state index in [-0.39, 0.29) is 37.0 Å². The van der Waals surface area contributed by atoms with Crippen LogP contribution in [0.4, 0.5) is 11.9 Å². The van der Waals surface area contributed by atoms with Gasteiger partial charge >= 0.3 is 25.4 Å². The largest absolute Gasteiger partial charge is 0.459 e. The quantitative estimate of drug-likeness (QED) is 0.0857. The maximum Gasteiger partial charge on any atom is 0.459 e. The van der Waals surface area contributed by atoms with E-state index in [0.717, 1.165) is 5.39 Å². The molecule has 5 atom stereocenters. The number of thioether (sulfide) groups is 1. The van der Waals surface area contributed by atoms with Crippen LogP contribution in [-0.4, -0.2) is 64.1 Å². The number of nitrogen functional groups attached to an aromatic ring is 1. The topological polar surface area (TPSA) is 229 Å². The highest BCUT2D eigenvalue weighted by atomic mass is 32.2. The van der Waals surface area contributed by atoms with Crippen LogP contribution in [0.2, 0.25) is 0 Å². The van der Waals surface area contributed by atoms with Crippen molar-refractivity contribution in [2.75, 3.05) is 12.3 Å². The molecule has 0 saturated carbocycles. The molecule has 0 radical (unpaired) electrons. The molecule has 1 saturated heterocycles. The molecule has 0 aliphatic carbocycles. The van der Waals surface area contributed by atoms with Gasteiger partial charge < -0.3 is 30.2 Å². The van der Waals surface area contributed by atoms with Crippen LogP contribution >= 0.6 is 19.5 Å². The predicted octanol–water partition coefficient (Wildman–Crippen LogP) is 2.31. The Bertz CT molecular complexity index is 1830. The standard InChI is InChI=1S/C26H29N8O9PS/c1-15(23(36)41-12-17-11-28-25(32(17)2)34(38)39)31-44(40,43-20-9-5-7-16-6-3-4-8-18(16)20)42-13-21-19(35)10-22(45-21)33-14-29-24(27)30-26(33)37/h3-9,11,14-15,19,21-22,35H,10,12-13H2,1-2H3,(H,31,40)(H2,27,30,37)/t15-,19+,21?,22+,44?/m0/s1. The molecule has 5 rings (SSSR count). The van der Waals surface area contributed by atoms with E-state index in [1.165, 1.54) is 47.4 Å². The van der Waals surface area contributed by atoms with Crippen molar-refractivity contribution in [2.24, 2.45) is 7.05 Å². The predicted molar refractivity (Wildman–Crippen MR) is 162 cm³/mol. The van der Waals surface area contributed by atoms with Crippen molar-refractivity contribution in [1.29, 1.82) is 0 Å². The van der Waals surface area contributed by atoms with Crippen molar-refractivity contribution in [3.63, 3.8) is 0 Å². The Labute approximate surface area is 259 Å². The van der Waals surface area contributed by atoms with Gasteiger partial charge in [-0.25, -0.2) is 18.9 Å². The van der Waals surface area contributed by atoms with E-state index in [1.807, 2.05) is 18.2 Å². The number of benzene rings is 2. The monoisotopic (exact) mass is 660 g/mol. The van der Waals surface area contributed by atoms with E-state index in [2.05, 4.69) is 20.0 Å². The Morgan fingerprint density at radius 1 is 1.29 bits per heavy atom. The Kier molecular flexibility index (Phi) is 9.50. The third-order valence-electron chi connectivity index (χ3n) is 6.93. The smallest absolute Gasteiger partial charge is 0.456 e. The first-order valence-corrected chi connectivity index (χ1v) is 16.0. The third kappa shape index (κ3) is 7.32. The van der Waals surface area contributed by atoms with E-state index >= 15 is 0 Å². The average molecular weight is 661 g/mol. The molecule has 0 amide bonds. The fraction of sp³-hybridized carbons (Fsp3) is 0.346. The summed E-state index contributed by atoms with van der Waals surface area (Å²) in [6, 6.07) is 11.2. The van der Waals surface area contributed by atoms with Crippen molar-refractivity contribution < 1.29 is 33.2 Å². The van der Waals surface area contributed by atoms with Crippen molar-refractivity contribution >= 4 is 48.1 Å². The molecule has 3 heterocycles. The summed E-state index contributed by atoms with van der Waals surface area (Å²) in [6.07, 6.45) is 1.65. The number of aliphatic hydroxyl groups excluding tert-OH is 1. The van der Waals surface area contributed by atoms with E-state index in [9.17, 15) is 29.4 Å². The van der Waals surface area contributed by atoms with Gasteiger partial charge in [-0.2, -0.15) is 10.1 Å². The normalized spacial score (nSPS) is 20.0. The van der Waals surface area contributed by atoms with E-state index < -0.39 is 53.0 Å². The van der Waals surface area contributed by atoms with Gasteiger partial charge in [-0.3, -0.25) is 13.9 Å². The molecule has 2 aromatic heterocycles. The summed E-state index contributed by atoms with van der Waals surface area (Å²) in [6.45, 7) is 0.764. The first-order chi connectivity index (χ1) is 21.4. The fourth-order valence-corrected chi connectivity index (χ4v) is 7.61. The van der Waals surface area contributed by atoms with Crippen LogP contribution in [0.1, 0.15) is 24.4 Å². The number of anilines is 1. The molecule has 0 bridgehead atoms. The number of imidazole rings is 1. The molecular formula is C26H29N8O9PS. The summed E-state index contributed by atoms with van der Waals surface area (Å²) in [5, 5.41) is 24.7. The number of ether oxygens (including phenoxy) is 1. The Balaban J connectivity index is 1.32. The summed E-state index contributed by atoms with van der Waals surface area (Å²) in [5.74, 6) is -1.22. The zero-order valence-electron chi connectivity index (χ0n) is 24.0. The van der Waals surface area contributed by atoms with Crippen LogP contribution in [0.25, 0.3) is 10.8 Å². The molecule has 4 N–H and O–H groups in total. The molecule has 45 heavy (non-hydrogen) atoms. The fourth-order valence-electron chi connectivity index (χ4n) is 4.55. The molecule has 17 nitrogen and oxygen atoms in total. The molecule has 1 aliphatic rings. The minimum Gasteiger partial charge on any atom is -0.456 e. The Morgan fingerprint density at radius 3 is 2.78 bits per heavy atom. The molecule has 1 aliphatic heterocycles. The summed E-state index contributed by atoms with van der Waals surface area (Å²) >= 11 is 1.19. The highest BCUT2D eigenvalue weighted by Gasteiger charge is 2.39. The average Bonchev–Trinajstić information content (AvgIpc) is 3.56. The molecule has 1 fully saturated rings. The van der Waals surface area contributed by atoms with E-state index in [4.69, 9.17) is 19.5 Å². The summed E-state index contributed by atoms with van der Waals surface area (Å²) < 4.78 is 33.7. The van der Waals surface area contributed by atoms with Gasteiger partial charge in [0.15, 0.2) is 5.69 Å². The van der Waals surface area contributed by atoms with Crippen molar-refractivity contribution in [3.05, 3.63) is 81.3 Å². The van der Waals surface area contributed by atoms with Gasteiger partial charge in [0.2, 0.25) is 5.95 Å². The van der Waals surface area contributed by atoms with Gasteiger partial charge in [-0.1, -0.05) is 41.4 Å². The number of hydrogen-bond acceptors (Lipinski definition) is 14. The first kappa shape index (κ1) is 32.1. The van der Waals surface area contributed by atoms with Crippen LogP contribution in [0, 0.1) is 10.1 Å². The zero-order chi connectivity index (χ0) is 32.3. The van der Waals surface area contributed by atoms with Gasteiger partial charge in [0.05, 0.1) is 30.4 Å². The maximum atomic E-state index is 14.2. The number of fused-ring (bicyclic) bond motifs is 1. The van der Waals surface area contributed by atoms with Crippen LogP contribution in [0.3, 0.4) is 0 Å². The molecular weight excluding hydrogens is 631 g/mol. The zero-order valence-corrected chi connectivity index (χ0v) is 25.7. The number of nitro groups is 1. The highest BCUT2D eigenvalue weighted by molar-refractivity contribution is 8.00. The third-order valence-corrected chi connectivity index (χ3v) is 10.1. The van der Waals surface area contributed by atoms with Crippen molar-refractivity contribution in [2.45, 2.75) is 42.7 Å². The molecule has 4 aromatic rings. The van der Waals surface area contributed by atoms with Crippen LogP contribution < -0.4 is 21.0 Å². The highest BCUT2D eigenvalue weighted by Crippen LogP contribution is 2.49.